The highest BCUT2D eigenvalue weighted by Gasteiger charge is 2.10. The first-order valence-corrected chi connectivity index (χ1v) is 5.79. The Morgan fingerprint density at radius 1 is 1.47 bits per heavy atom. The summed E-state index contributed by atoms with van der Waals surface area (Å²) >= 11 is 0. The van der Waals surface area contributed by atoms with E-state index in [1.165, 1.54) is 0 Å². The number of nitrogens with zero attached hydrogens (tertiary/aromatic N) is 3. The van der Waals surface area contributed by atoms with Gasteiger partial charge in [-0.05, 0) is 26.8 Å². The SMILES string of the molecule is Cc1noc(C)c1CNC(C)Cn1cccn1. The van der Waals surface area contributed by atoms with E-state index in [2.05, 4.69) is 22.5 Å². The van der Waals surface area contributed by atoms with E-state index in [4.69, 9.17) is 4.52 Å². The van der Waals surface area contributed by atoms with Gasteiger partial charge in [0.25, 0.3) is 0 Å². The number of aromatic nitrogens is 3. The molecule has 2 heterocycles. The molecule has 0 saturated carbocycles. The summed E-state index contributed by atoms with van der Waals surface area (Å²) in [5.74, 6) is 0.890. The number of hydrogen-bond donors (Lipinski definition) is 1. The van der Waals surface area contributed by atoms with Gasteiger partial charge in [-0.2, -0.15) is 5.10 Å². The van der Waals surface area contributed by atoms with Gasteiger partial charge >= 0.3 is 0 Å². The average molecular weight is 234 g/mol. The lowest BCUT2D eigenvalue weighted by atomic mass is 10.2. The van der Waals surface area contributed by atoms with Gasteiger partial charge in [0, 0.05) is 30.5 Å². The fraction of sp³-hybridized carbons (Fsp3) is 0.500. The van der Waals surface area contributed by atoms with Crippen LogP contribution in [0.4, 0.5) is 0 Å². The number of aryl methyl sites for hydroxylation is 2. The van der Waals surface area contributed by atoms with Gasteiger partial charge in [-0.25, -0.2) is 0 Å². The average Bonchev–Trinajstić information content (AvgIpc) is 2.88. The first-order chi connectivity index (χ1) is 8.16. The maximum Gasteiger partial charge on any atom is 0.138 e. The van der Waals surface area contributed by atoms with E-state index in [0.717, 1.165) is 30.1 Å². The lowest BCUT2D eigenvalue weighted by Crippen LogP contribution is -2.30. The van der Waals surface area contributed by atoms with Gasteiger partial charge in [-0.1, -0.05) is 5.16 Å². The Morgan fingerprint density at radius 2 is 2.29 bits per heavy atom. The lowest BCUT2D eigenvalue weighted by molar-refractivity contribution is 0.390. The minimum absolute atomic E-state index is 0.351. The molecule has 0 amide bonds. The molecule has 5 nitrogen and oxygen atoms in total. The highest BCUT2D eigenvalue weighted by molar-refractivity contribution is 5.20. The minimum atomic E-state index is 0.351. The number of hydrogen-bond acceptors (Lipinski definition) is 4. The predicted molar refractivity (Wildman–Crippen MR) is 64.5 cm³/mol. The van der Waals surface area contributed by atoms with E-state index in [1.807, 2.05) is 30.8 Å². The molecular formula is C12H18N4O. The molecule has 0 aliphatic carbocycles. The van der Waals surface area contributed by atoms with Gasteiger partial charge in [0.1, 0.15) is 5.76 Å². The molecule has 5 heteroatoms. The van der Waals surface area contributed by atoms with Crippen LogP contribution in [0.15, 0.2) is 23.0 Å². The van der Waals surface area contributed by atoms with Crippen LogP contribution >= 0.6 is 0 Å². The molecule has 1 N–H and O–H groups in total. The molecule has 0 bridgehead atoms. The monoisotopic (exact) mass is 234 g/mol. The highest BCUT2D eigenvalue weighted by atomic mass is 16.5. The molecule has 0 aromatic carbocycles. The molecule has 0 aliphatic heterocycles. The van der Waals surface area contributed by atoms with Crippen LogP contribution < -0.4 is 5.32 Å². The van der Waals surface area contributed by atoms with Crippen molar-refractivity contribution in [2.24, 2.45) is 0 Å². The normalized spacial score (nSPS) is 12.9. The van der Waals surface area contributed by atoms with Gasteiger partial charge in [0.2, 0.25) is 0 Å². The van der Waals surface area contributed by atoms with Crippen LogP contribution in [0.5, 0.6) is 0 Å². The smallest absolute Gasteiger partial charge is 0.138 e. The zero-order valence-electron chi connectivity index (χ0n) is 10.5. The van der Waals surface area contributed by atoms with E-state index in [9.17, 15) is 0 Å². The molecule has 92 valence electrons. The maximum absolute atomic E-state index is 5.13. The van der Waals surface area contributed by atoms with Crippen LogP contribution in [0.3, 0.4) is 0 Å². The summed E-state index contributed by atoms with van der Waals surface area (Å²) in [6.07, 6.45) is 3.76. The van der Waals surface area contributed by atoms with Crippen LogP contribution in [-0.2, 0) is 13.1 Å². The van der Waals surface area contributed by atoms with Crippen molar-refractivity contribution in [1.29, 1.82) is 0 Å². The third-order valence-electron chi connectivity index (χ3n) is 2.83. The Hall–Kier alpha value is -1.62. The number of nitrogens with one attached hydrogen (secondary N) is 1. The van der Waals surface area contributed by atoms with Crippen molar-refractivity contribution in [1.82, 2.24) is 20.3 Å². The van der Waals surface area contributed by atoms with Crippen molar-refractivity contribution in [3.63, 3.8) is 0 Å². The van der Waals surface area contributed by atoms with Crippen molar-refractivity contribution < 1.29 is 4.52 Å². The second kappa shape index (κ2) is 5.14. The number of rotatable bonds is 5. The largest absolute Gasteiger partial charge is 0.361 e. The molecule has 0 spiro atoms. The molecule has 2 aromatic heterocycles. The third-order valence-corrected chi connectivity index (χ3v) is 2.83. The minimum Gasteiger partial charge on any atom is -0.361 e. The molecule has 0 radical (unpaired) electrons. The van der Waals surface area contributed by atoms with Crippen molar-refractivity contribution >= 4 is 0 Å². The predicted octanol–water partition coefficient (Wildman–Crippen LogP) is 1.67. The quantitative estimate of drug-likeness (QED) is 0.855. The molecule has 0 aliphatic rings. The second-order valence-corrected chi connectivity index (χ2v) is 4.31. The summed E-state index contributed by atoms with van der Waals surface area (Å²) in [5.41, 5.74) is 2.11. The topological polar surface area (TPSA) is 55.9 Å². The van der Waals surface area contributed by atoms with Gasteiger partial charge < -0.3 is 9.84 Å². The Bertz CT molecular complexity index is 441. The first kappa shape index (κ1) is 11.9. The molecule has 1 atom stereocenters. The van der Waals surface area contributed by atoms with Crippen molar-refractivity contribution in [2.75, 3.05) is 0 Å². The van der Waals surface area contributed by atoms with E-state index in [-0.39, 0.29) is 0 Å². The first-order valence-electron chi connectivity index (χ1n) is 5.79. The van der Waals surface area contributed by atoms with Crippen LogP contribution in [0.1, 0.15) is 23.9 Å². The summed E-state index contributed by atoms with van der Waals surface area (Å²) in [5, 5.41) is 11.6. The molecular weight excluding hydrogens is 216 g/mol. The van der Waals surface area contributed by atoms with E-state index >= 15 is 0 Å². The van der Waals surface area contributed by atoms with Crippen LogP contribution in [-0.4, -0.2) is 21.0 Å². The van der Waals surface area contributed by atoms with E-state index in [0.29, 0.717) is 6.04 Å². The zero-order valence-corrected chi connectivity index (χ0v) is 10.5. The van der Waals surface area contributed by atoms with Crippen molar-refractivity contribution in [3.05, 3.63) is 35.5 Å². The highest BCUT2D eigenvalue weighted by Crippen LogP contribution is 2.11. The van der Waals surface area contributed by atoms with Gasteiger partial charge in [0.05, 0.1) is 12.2 Å². The van der Waals surface area contributed by atoms with E-state index < -0.39 is 0 Å². The second-order valence-electron chi connectivity index (χ2n) is 4.31. The molecule has 1 unspecified atom stereocenters. The summed E-state index contributed by atoms with van der Waals surface area (Å²) in [7, 11) is 0. The summed E-state index contributed by atoms with van der Waals surface area (Å²) < 4.78 is 7.05. The standard InChI is InChI=1S/C12H18N4O/c1-9(8-16-6-4-5-14-16)13-7-12-10(2)15-17-11(12)3/h4-6,9,13H,7-8H2,1-3H3. The Kier molecular flexibility index (Phi) is 3.58. The Morgan fingerprint density at radius 3 is 2.88 bits per heavy atom. The summed E-state index contributed by atoms with van der Waals surface area (Å²) in [6.45, 7) is 7.68. The molecule has 0 fully saturated rings. The Labute approximate surface area is 101 Å². The van der Waals surface area contributed by atoms with Gasteiger partial charge in [0.15, 0.2) is 0 Å². The van der Waals surface area contributed by atoms with Crippen LogP contribution in [0.25, 0.3) is 0 Å². The molecule has 2 aromatic rings. The van der Waals surface area contributed by atoms with Crippen molar-refractivity contribution in [3.8, 4) is 0 Å². The molecule has 17 heavy (non-hydrogen) atoms. The van der Waals surface area contributed by atoms with Crippen LogP contribution in [0, 0.1) is 13.8 Å². The van der Waals surface area contributed by atoms with Gasteiger partial charge in [-0.3, -0.25) is 4.68 Å². The fourth-order valence-corrected chi connectivity index (χ4v) is 1.78. The van der Waals surface area contributed by atoms with Crippen LogP contribution in [0.2, 0.25) is 0 Å². The third kappa shape index (κ3) is 2.94. The summed E-state index contributed by atoms with van der Waals surface area (Å²) in [6, 6.07) is 2.28. The Balaban J connectivity index is 1.86. The summed E-state index contributed by atoms with van der Waals surface area (Å²) in [4.78, 5) is 0. The van der Waals surface area contributed by atoms with Crippen molar-refractivity contribution in [2.45, 2.75) is 39.9 Å². The zero-order chi connectivity index (χ0) is 12.3. The lowest BCUT2D eigenvalue weighted by Gasteiger charge is -2.13. The molecule has 2 rings (SSSR count). The molecule has 0 saturated heterocycles. The fourth-order valence-electron chi connectivity index (χ4n) is 1.78. The van der Waals surface area contributed by atoms with Gasteiger partial charge in [-0.15, -0.1) is 0 Å². The maximum atomic E-state index is 5.13. The van der Waals surface area contributed by atoms with E-state index in [1.54, 1.807) is 6.20 Å².